The van der Waals surface area contributed by atoms with Crippen molar-refractivity contribution in [2.24, 2.45) is 0 Å². The number of benzene rings is 2. The number of carbonyl (C=O) groups is 2. The second kappa shape index (κ2) is 8.82. The average molecular weight is 395 g/mol. The Labute approximate surface area is 157 Å². The molecule has 0 aliphatic heterocycles. The smallest absolute Gasteiger partial charge is 0.252 e. The summed E-state index contributed by atoms with van der Waals surface area (Å²) in [5.74, 6) is -0.783. The van der Waals surface area contributed by atoms with Crippen molar-refractivity contribution in [1.82, 2.24) is 10.6 Å². The van der Waals surface area contributed by atoms with Crippen molar-refractivity contribution in [3.05, 3.63) is 70.2 Å². The third-order valence-electron chi connectivity index (χ3n) is 3.43. The Balaban J connectivity index is 1.85. The molecule has 26 heavy (non-hydrogen) atoms. The summed E-state index contributed by atoms with van der Waals surface area (Å²) in [5, 5.41) is 5.70. The van der Waals surface area contributed by atoms with Gasteiger partial charge in [0.25, 0.3) is 11.8 Å². The van der Waals surface area contributed by atoms with Gasteiger partial charge in [0.1, 0.15) is 0 Å². The first kappa shape index (κ1) is 19.9. The number of rotatable bonds is 7. The number of sulfone groups is 1. The van der Waals surface area contributed by atoms with Gasteiger partial charge >= 0.3 is 0 Å². The summed E-state index contributed by atoms with van der Waals surface area (Å²) >= 11 is 5.95. The van der Waals surface area contributed by atoms with Gasteiger partial charge in [-0.1, -0.05) is 35.9 Å². The minimum Gasteiger partial charge on any atom is -0.350 e. The highest BCUT2D eigenvalue weighted by Crippen LogP contribution is 2.14. The predicted octanol–water partition coefficient (Wildman–Crippen LogP) is 2.04. The van der Waals surface area contributed by atoms with E-state index < -0.39 is 9.84 Å². The predicted molar refractivity (Wildman–Crippen MR) is 101 cm³/mol. The van der Waals surface area contributed by atoms with E-state index in [4.69, 9.17) is 11.6 Å². The van der Waals surface area contributed by atoms with Crippen LogP contribution in [-0.4, -0.2) is 39.6 Å². The highest BCUT2D eigenvalue weighted by atomic mass is 35.5. The number of hydrogen-bond acceptors (Lipinski definition) is 4. The molecule has 0 spiro atoms. The van der Waals surface area contributed by atoms with Gasteiger partial charge in [-0.15, -0.1) is 0 Å². The highest BCUT2D eigenvalue weighted by molar-refractivity contribution is 7.89. The lowest BCUT2D eigenvalue weighted by Crippen LogP contribution is -2.34. The first-order chi connectivity index (χ1) is 12.3. The fraction of sp³-hybridized carbons (Fsp3) is 0.222. The van der Waals surface area contributed by atoms with E-state index >= 15 is 0 Å². The Hall–Kier alpha value is -2.38. The lowest BCUT2D eigenvalue weighted by atomic mass is 10.1. The Morgan fingerprint density at radius 2 is 1.62 bits per heavy atom. The largest absolute Gasteiger partial charge is 0.350 e. The first-order valence-corrected chi connectivity index (χ1v) is 10.3. The summed E-state index contributed by atoms with van der Waals surface area (Å²) in [6.45, 7) is 0.462. The summed E-state index contributed by atoms with van der Waals surface area (Å²) in [6.07, 6.45) is 1.14. The second-order valence-corrected chi connectivity index (χ2v) is 8.31. The molecule has 2 amide bonds. The topological polar surface area (TPSA) is 92.3 Å². The summed E-state index contributed by atoms with van der Waals surface area (Å²) in [5.41, 5.74) is 1.28. The number of nitrogens with one attached hydrogen (secondary N) is 2. The van der Waals surface area contributed by atoms with Crippen molar-refractivity contribution in [3.8, 4) is 0 Å². The molecule has 0 radical (unpaired) electrons. The maximum absolute atomic E-state index is 12.1. The first-order valence-electron chi connectivity index (χ1n) is 7.84. The monoisotopic (exact) mass is 394 g/mol. The van der Waals surface area contributed by atoms with Crippen LogP contribution in [0.25, 0.3) is 0 Å². The third kappa shape index (κ3) is 6.16. The molecule has 0 saturated heterocycles. The molecular formula is C18H19ClN2O4S. The van der Waals surface area contributed by atoms with Crippen LogP contribution in [0.1, 0.15) is 26.3 Å². The highest BCUT2D eigenvalue weighted by Gasteiger charge is 2.11. The van der Waals surface area contributed by atoms with Crippen molar-refractivity contribution in [2.75, 3.05) is 19.3 Å². The molecule has 0 fully saturated rings. The Morgan fingerprint density at radius 1 is 0.962 bits per heavy atom. The van der Waals surface area contributed by atoms with Crippen LogP contribution in [0.2, 0.25) is 5.02 Å². The van der Waals surface area contributed by atoms with Gasteiger partial charge < -0.3 is 10.6 Å². The zero-order valence-corrected chi connectivity index (χ0v) is 15.7. The van der Waals surface area contributed by atoms with E-state index in [1.807, 2.05) is 0 Å². The van der Waals surface area contributed by atoms with Crippen LogP contribution < -0.4 is 10.6 Å². The van der Waals surface area contributed by atoms with Gasteiger partial charge in [-0.3, -0.25) is 9.59 Å². The summed E-state index contributed by atoms with van der Waals surface area (Å²) < 4.78 is 22.7. The maximum atomic E-state index is 12.1. The van der Waals surface area contributed by atoms with E-state index in [2.05, 4.69) is 10.6 Å². The third-order valence-corrected chi connectivity index (χ3v) is 4.62. The van der Waals surface area contributed by atoms with Gasteiger partial charge in [0.05, 0.1) is 16.3 Å². The molecule has 0 aromatic heterocycles. The molecule has 0 atom stereocenters. The number of hydrogen-bond donors (Lipinski definition) is 2. The van der Waals surface area contributed by atoms with Crippen LogP contribution in [0.5, 0.6) is 0 Å². The minimum atomic E-state index is -3.17. The van der Waals surface area contributed by atoms with Gasteiger partial charge in [-0.2, -0.15) is 0 Å². The van der Waals surface area contributed by atoms with Crippen molar-refractivity contribution in [2.45, 2.75) is 5.75 Å². The van der Waals surface area contributed by atoms with E-state index in [1.165, 1.54) is 0 Å². The SMILES string of the molecule is CS(=O)(=O)Cc1cccc(C(=O)NCCNC(=O)c2ccccc2Cl)c1. The summed E-state index contributed by atoms with van der Waals surface area (Å²) in [7, 11) is -3.17. The minimum absolute atomic E-state index is 0.123. The van der Waals surface area contributed by atoms with Crippen molar-refractivity contribution in [1.29, 1.82) is 0 Å². The van der Waals surface area contributed by atoms with E-state index in [-0.39, 0.29) is 30.7 Å². The molecule has 2 N–H and O–H groups in total. The standard InChI is InChI=1S/C18H19ClN2O4S/c1-26(24,25)12-13-5-4-6-14(11-13)17(22)20-9-10-21-18(23)15-7-2-3-8-16(15)19/h2-8,11H,9-10,12H2,1H3,(H,20,22)(H,21,23). The summed E-state index contributed by atoms with van der Waals surface area (Å²) in [4.78, 5) is 24.1. The zero-order valence-electron chi connectivity index (χ0n) is 14.2. The lowest BCUT2D eigenvalue weighted by molar-refractivity contribution is 0.0927. The molecule has 0 saturated carbocycles. The lowest BCUT2D eigenvalue weighted by Gasteiger charge is -2.09. The fourth-order valence-corrected chi connectivity index (χ4v) is 3.31. The molecule has 0 aliphatic rings. The second-order valence-electron chi connectivity index (χ2n) is 5.76. The number of amides is 2. The molecule has 8 heteroatoms. The van der Waals surface area contributed by atoms with Gasteiger partial charge in [-0.25, -0.2) is 8.42 Å². The maximum Gasteiger partial charge on any atom is 0.252 e. The zero-order chi connectivity index (χ0) is 19.2. The molecule has 2 aromatic rings. The van der Waals surface area contributed by atoms with Crippen LogP contribution in [-0.2, 0) is 15.6 Å². The molecule has 0 aliphatic carbocycles. The molecule has 138 valence electrons. The van der Waals surface area contributed by atoms with Gasteiger partial charge in [0, 0.05) is 24.9 Å². The van der Waals surface area contributed by atoms with Gasteiger partial charge in [0.15, 0.2) is 9.84 Å². The average Bonchev–Trinajstić information content (AvgIpc) is 2.57. The van der Waals surface area contributed by atoms with Crippen LogP contribution in [0.15, 0.2) is 48.5 Å². The molecule has 0 unspecified atom stereocenters. The van der Waals surface area contributed by atoms with E-state index in [0.717, 1.165) is 6.26 Å². The molecular weight excluding hydrogens is 376 g/mol. The van der Waals surface area contributed by atoms with Gasteiger partial charge in [-0.05, 0) is 29.8 Å². The van der Waals surface area contributed by atoms with Crippen LogP contribution >= 0.6 is 11.6 Å². The van der Waals surface area contributed by atoms with Crippen LogP contribution in [0, 0.1) is 0 Å². The Kier molecular flexibility index (Phi) is 6.76. The van der Waals surface area contributed by atoms with Crippen LogP contribution in [0.3, 0.4) is 0 Å². The van der Waals surface area contributed by atoms with E-state index in [1.54, 1.807) is 48.5 Å². The van der Waals surface area contributed by atoms with E-state index in [0.29, 0.717) is 21.7 Å². The van der Waals surface area contributed by atoms with Crippen molar-refractivity contribution in [3.63, 3.8) is 0 Å². The molecule has 2 rings (SSSR count). The number of halogens is 1. The normalized spacial score (nSPS) is 11.0. The van der Waals surface area contributed by atoms with Crippen molar-refractivity contribution < 1.29 is 18.0 Å². The number of carbonyl (C=O) groups excluding carboxylic acids is 2. The van der Waals surface area contributed by atoms with Crippen LogP contribution in [0.4, 0.5) is 0 Å². The molecule has 2 aromatic carbocycles. The quantitative estimate of drug-likeness (QED) is 0.703. The van der Waals surface area contributed by atoms with Gasteiger partial charge in [0.2, 0.25) is 0 Å². The molecule has 0 bridgehead atoms. The Morgan fingerprint density at radius 3 is 2.27 bits per heavy atom. The summed E-state index contributed by atoms with van der Waals surface area (Å²) in [6, 6.07) is 13.1. The van der Waals surface area contributed by atoms with E-state index in [9.17, 15) is 18.0 Å². The fourth-order valence-electron chi connectivity index (χ4n) is 2.30. The molecule has 6 nitrogen and oxygen atoms in total. The van der Waals surface area contributed by atoms with Crippen molar-refractivity contribution >= 4 is 33.3 Å². The molecule has 0 heterocycles. The Bertz CT molecular complexity index is 913.